The quantitative estimate of drug-likeness (QED) is 0.375. The third-order valence-electron chi connectivity index (χ3n) is 5.83. The summed E-state index contributed by atoms with van der Waals surface area (Å²) in [5.41, 5.74) is 2.15. The van der Waals surface area contributed by atoms with Crippen molar-refractivity contribution in [2.75, 3.05) is 24.4 Å². The highest BCUT2D eigenvalue weighted by atomic mass is 35.5. The summed E-state index contributed by atoms with van der Waals surface area (Å²) >= 11 is 6.09. The number of aromatic nitrogens is 3. The molecule has 0 spiro atoms. The standard InChI is InChI=1S/C26H24ClN5O3/c1-34-20-13-9-18(10-14-20)23-15-22(17-7-11-19(27)12-8-17)28-26-30-25(31-32(23)26)29-24(33)16-35-21-5-3-2-4-6-21/h2-14,22-23H,15-16H2,1H3,(H2,28,29,30,31,33)/t22-,23-/m0/s1. The molecule has 0 saturated heterocycles. The van der Waals surface area contributed by atoms with Gasteiger partial charge in [-0.3, -0.25) is 10.1 Å². The summed E-state index contributed by atoms with van der Waals surface area (Å²) in [6, 6.07) is 24.7. The van der Waals surface area contributed by atoms with Crippen molar-refractivity contribution in [2.24, 2.45) is 0 Å². The number of benzene rings is 3. The van der Waals surface area contributed by atoms with Crippen LogP contribution in [0, 0.1) is 0 Å². The maximum absolute atomic E-state index is 12.5. The molecule has 0 fully saturated rings. The van der Waals surface area contributed by atoms with Crippen molar-refractivity contribution in [3.8, 4) is 11.5 Å². The predicted octanol–water partition coefficient (Wildman–Crippen LogP) is 5.10. The smallest absolute Gasteiger partial charge is 0.264 e. The SMILES string of the molecule is COc1ccc([C@@H]2C[C@@H](c3ccc(Cl)cc3)Nc3nc(NC(=O)COc4ccccc4)nn32)cc1. The van der Waals surface area contributed by atoms with E-state index in [1.54, 1.807) is 19.2 Å². The van der Waals surface area contributed by atoms with Crippen molar-refractivity contribution in [2.45, 2.75) is 18.5 Å². The summed E-state index contributed by atoms with van der Waals surface area (Å²) in [5, 5.41) is 11.5. The number of carbonyl (C=O) groups excluding carboxylic acids is 1. The van der Waals surface area contributed by atoms with Crippen LogP contribution < -0.4 is 20.1 Å². The first kappa shape index (κ1) is 22.7. The van der Waals surface area contributed by atoms with Crippen LogP contribution in [0.3, 0.4) is 0 Å². The molecule has 1 aromatic heterocycles. The van der Waals surface area contributed by atoms with Crippen molar-refractivity contribution in [1.29, 1.82) is 0 Å². The lowest BCUT2D eigenvalue weighted by atomic mass is 9.93. The van der Waals surface area contributed by atoms with Crippen LogP contribution in [-0.2, 0) is 4.79 Å². The molecular weight excluding hydrogens is 466 g/mol. The van der Waals surface area contributed by atoms with Crippen molar-refractivity contribution in [3.05, 3.63) is 95.0 Å². The van der Waals surface area contributed by atoms with E-state index in [1.165, 1.54) is 0 Å². The lowest BCUT2D eigenvalue weighted by Crippen LogP contribution is -2.28. The van der Waals surface area contributed by atoms with E-state index < -0.39 is 0 Å². The summed E-state index contributed by atoms with van der Waals surface area (Å²) in [4.78, 5) is 17.0. The molecule has 178 valence electrons. The van der Waals surface area contributed by atoms with Crippen LogP contribution in [0.4, 0.5) is 11.9 Å². The number of nitrogens with one attached hydrogen (secondary N) is 2. The maximum atomic E-state index is 12.5. The number of hydrogen-bond acceptors (Lipinski definition) is 6. The molecule has 9 heteroatoms. The highest BCUT2D eigenvalue weighted by Crippen LogP contribution is 2.38. The van der Waals surface area contributed by atoms with Crippen molar-refractivity contribution in [1.82, 2.24) is 14.8 Å². The first-order valence-corrected chi connectivity index (χ1v) is 11.6. The highest BCUT2D eigenvalue weighted by molar-refractivity contribution is 6.30. The van der Waals surface area contributed by atoms with Gasteiger partial charge in [-0.15, -0.1) is 5.10 Å². The number of carbonyl (C=O) groups is 1. The van der Waals surface area contributed by atoms with Gasteiger partial charge < -0.3 is 14.8 Å². The summed E-state index contributed by atoms with van der Waals surface area (Å²) in [7, 11) is 1.64. The van der Waals surface area contributed by atoms with Gasteiger partial charge in [-0.05, 0) is 53.9 Å². The predicted molar refractivity (Wildman–Crippen MR) is 134 cm³/mol. The molecule has 1 aliphatic heterocycles. The number of ether oxygens (including phenoxy) is 2. The fourth-order valence-electron chi connectivity index (χ4n) is 4.07. The lowest BCUT2D eigenvalue weighted by Gasteiger charge is -2.31. The number of fused-ring (bicyclic) bond motifs is 1. The van der Waals surface area contributed by atoms with E-state index >= 15 is 0 Å². The molecule has 2 N–H and O–H groups in total. The van der Waals surface area contributed by atoms with Crippen molar-refractivity contribution in [3.63, 3.8) is 0 Å². The van der Waals surface area contributed by atoms with Crippen LogP contribution in [0.15, 0.2) is 78.9 Å². The van der Waals surface area contributed by atoms with Gasteiger partial charge in [-0.25, -0.2) is 4.68 Å². The molecule has 0 saturated carbocycles. The Labute approximate surface area is 207 Å². The number of halogens is 1. The molecule has 0 unspecified atom stereocenters. The number of para-hydroxylation sites is 1. The van der Waals surface area contributed by atoms with Crippen LogP contribution >= 0.6 is 11.6 Å². The zero-order chi connectivity index (χ0) is 24.2. The minimum absolute atomic E-state index is 0.0129. The fourth-order valence-corrected chi connectivity index (χ4v) is 4.20. The third kappa shape index (κ3) is 5.22. The molecule has 0 bridgehead atoms. The van der Waals surface area contributed by atoms with E-state index in [-0.39, 0.29) is 30.5 Å². The van der Waals surface area contributed by atoms with Crippen LogP contribution in [-0.4, -0.2) is 34.4 Å². The summed E-state index contributed by atoms with van der Waals surface area (Å²) in [6.45, 7) is -0.142. The molecule has 8 nitrogen and oxygen atoms in total. The molecule has 2 heterocycles. The lowest BCUT2D eigenvalue weighted by molar-refractivity contribution is -0.118. The van der Waals surface area contributed by atoms with Crippen LogP contribution in [0.5, 0.6) is 11.5 Å². The minimum Gasteiger partial charge on any atom is -0.497 e. The number of rotatable bonds is 7. The summed E-state index contributed by atoms with van der Waals surface area (Å²) in [6.07, 6.45) is 0.731. The Bertz CT molecular complexity index is 1290. The second-order valence-electron chi connectivity index (χ2n) is 8.13. The van der Waals surface area contributed by atoms with Gasteiger partial charge >= 0.3 is 0 Å². The van der Waals surface area contributed by atoms with Crippen LogP contribution in [0.2, 0.25) is 5.02 Å². The Balaban J connectivity index is 1.38. The molecule has 3 aromatic carbocycles. The second kappa shape index (κ2) is 10.1. The van der Waals surface area contributed by atoms with Gasteiger partial charge in [0.2, 0.25) is 5.95 Å². The van der Waals surface area contributed by atoms with Crippen molar-refractivity contribution >= 4 is 29.4 Å². The van der Waals surface area contributed by atoms with Gasteiger partial charge in [0.05, 0.1) is 19.2 Å². The van der Waals surface area contributed by atoms with Gasteiger partial charge in [-0.1, -0.05) is 54.1 Å². The van der Waals surface area contributed by atoms with Gasteiger partial charge in [0, 0.05) is 5.02 Å². The second-order valence-corrected chi connectivity index (χ2v) is 8.56. The topological polar surface area (TPSA) is 90.3 Å². The normalized spacial score (nSPS) is 16.6. The Morgan fingerprint density at radius 1 is 1.03 bits per heavy atom. The average molecular weight is 490 g/mol. The van der Waals surface area contributed by atoms with Gasteiger partial charge in [0.1, 0.15) is 11.5 Å². The van der Waals surface area contributed by atoms with Crippen LogP contribution in [0.1, 0.15) is 29.6 Å². The summed E-state index contributed by atoms with van der Waals surface area (Å²) < 4.78 is 12.6. The van der Waals surface area contributed by atoms with Gasteiger partial charge in [-0.2, -0.15) is 4.98 Å². The average Bonchev–Trinajstić information content (AvgIpc) is 3.30. The monoisotopic (exact) mass is 489 g/mol. The van der Waals surface area contributed by atoms with E-state index in [2.05, 4.69) is 20.7 Å². The largest absolute Gasteiger partial charge is 0.497 e. The van der Waals surface area contributed by atoms with E-state index in [9.17, 15) is 4.79 Å². The number of anilines is 2. The Kier molecular flexibility index (Phi) is 6.54. The molecule has 35 heavy (non-hydrogen) atoms. The highest BCUT2D eigenvalue weighted by Gasteiger charge is 2.31. The molecule has 1 amide bonds. The Morgan fingerprint density at radius 2 is 1.74 bits per heavy atom. The number of methoxy groups -OCH3 is 1. The van der Waals surface area contributed by atoms with E-state index in [4.69, 9.17) is 21.1 Å². The molecule has 2 atom stereocenters. The van der Waals surface area contributed by atoms with E-state index in [0.717, 1.165) is 23.3 Å². The van der Waals surface area contributed by atoms with Gasteiger partial charge in [0.25, 0.3) is 11.9 Å². The molecular formula is C26H24ClN5O3. The zero-order valence-corrected chi connectivity index (χ0v) is 19.8. The Morgan fingerprint density at radius 3 is 2.46 bits per heavy atom. The number of amides is 1. The van der Waals surface area contributed by atoms with Crippen LogP contribution in [0.25, 0.3) is 0 Å². The maximum Gasteiger partial charge on any atom is 0.264 e. The first-order valence-electron chi connectivity index (χ1n) is 11.2. The summed E-state index contributed by atoms with van der Waals surface area (Å²) in [5.74, 6) is 1.83. The minimum atomic E-state index is -0.341. The third-order valence-corrected chi connectivity index (χ3v) is 6.08. The Hall–Kier alpha value is -4.04. The molecule has 4 aromatic rings. The molecule has 0 aliphatic carbocycles. The van der Waals surface area contributed by atoms with Gasteiger partial charge in [0.15, 0.2) is 6.61 Å². The molecule has 5 rings (SSSR count). The molecule has 0 radical (unpaired) electrons. The van der Waals surface area contributed by atoms with E-state index in [0.29, 0.717) is 16.7 Å². The first-order chi connectivity index (χ1) is 17.1. The molecule has 1 aliphatic rings. The number of hydrogen-bond donors (Lipinski definition) is 2. The fraction of sp³-hybridized carbons (Fsp3) is 0.192. The zero-order valence-electron chi connectivity index (χ0n) is 19.0. The van der Waals surface area contributed by atoms with Crippen molar-refractivity contribution < 1.29 is 14.3 Å². The van der Waals surface area contributed by atoms with E-state index in [1.807, 2.05) is 71.4 Å². The number of nitrogens with zero attached hydrogens (tertiary/aromatic N) is 3.